The maximum atomic E-state index is 13.7. The molecule has 2 saturated heterocycles. The maximum absolute atomic E-state index is 13.7. The average Bonchev–Trinajstić information content (AvgIpc) is 3.49. The minimum Gasteiger partial charge on any atom is -0.508 e. The standard InChI is InChI=1S/C26H24Cl2N2O3.C4H9N/c1-2-15-9-10-22(31)21(11-15)25-24(26(33)29-19-8-4-7-18(28)13-19)20(14-23(32)30-25)16-5-3-6-17(27)12-16;1-2-4-5-3-1/h3-13,20,24-25,31H,2,14H2,1H3,(H,29,33)(H,30,32);5H,1-4H2/t20-,24?,25+;/m0./s1. The fraction of sp³-hybridized carbons (Fsp3) is 0.333. The van der Waals surface area contributed by atoms with E-state index in [-0.39, 0.29) is 24.0 Å². The van der Waals surface area contributed by atoms with Gasteiger partial charge in [0.1, 0.15) is 5.75 Å². The first-order valence-corrected chi connectivity index (χ1v) is 13.7. The molecular weight excluding hydrogens is 521 g/mol. The Labute approximate surface area is 233 Å². The van der Waals surface area contributed by atoms with Gasteiger partial charge in [0, 0.05) is 33.6 Å². The molecule has 6 nitrogen and oxygen atoms in total. The molecule has 0 bridgehead atoms. The summed E-state index contributed by atoms with van der Waals surface area (Å²) in [4.78, 5) is 26.5. The number of anilines is 1. The number of piperidine rings is 1. The van der Waals surface area contributed by atoms with Crippen molar-refractivity contribution in [2.24, 2.45) is 5.92 Å². The number of carbonyl (C=O) groups excluding carboxylic acids is 2. The minimum atomic E-state index is -0.721. The Hall–Kier alpha value is -3.06. The Morgan fingerprint density at radius 3 is 2.34 bits per heavy atom. The lowest BCUT2D eigenvalue weighted by atomic mass is 9.73. The van der Waals surface area contributed by atoms with E-state index in [1.807, 2.05) is 25.1 Å². The summed E-state index contributed by atoms with van der Waals surface area (Å²) >= 11 is 12.3. The maximum Gasteiger partial charge on any atom is 0.230 e. The van der Waals surface area contributed by atoms with Crippen molar-refractivity contribution in [3.8, 4) is 5.75 Å². The lowest BCUT2D eigenvalue weighted by Crippen LogP contribution is -2.47. The molecule has 3 atom stereocenters. The highest BCUT2D eigenvalue weighted by molar-refractivity contribution is 6.31. The van der Waals surface area contributed by atoms with Crippen LogP contribution in [0.15, 0.2) is 66.7 Å². The van der Waals surface area contributed by atoms with E-state index in [0.717, 1.165) is 17.5 Å². The SMILES string of the molecule is C1CCNC1.CCc1ccc(O)c([C@H]2NC(=O)C[C@@H](c3cccc(Cl)c3)C2C(=O)Nc2cccc(Cl)c2)c1. The van der Waals surface area contributed by atoms with Crippen LogP contribution in [0.2, 0.25) is 10.0 Å². The first-order chi connectivity index (χ1) is 18.4. The molecule has 3 aromatic carbocycles. The van der Waals surface area contributed by atoms with Crippen LogP contribution in [0.3, 0.4) is 0 Å². The van der Waals surface area contributed by atoms with E-state index in [1.165, 1.54) is 25.9 Å². The second kappa shape index (κ2) is 13.1. The zero-order valence-corrected chi connectivity index (χ0v) is 22.9. The number of benzene rings is 3. The van der Waals surface area contributed by atoms with Crippen LogP contribution in [0, 0.1) is 5.92 Å². The highest BCUT2D eigenvalue weighted by Crippen LogP contribution is 2.44. The van der Waals surface area contributed by atoms with Gasteiger partial charge in [-0.05, 0) is 79.9 Å². The lowest BCUT2D eigenvalue weighted by Gasteiger charge is -2.38. The van der Waals surface area contributed by atoms with Crippen LogP contribution in [0.25, 0.3) is 0 Å². The van der Waals surface area contributed by atoms with Crippen LogP contribution in [-0.2, 0) is 16.0 Å². The number of carbonyl (C=O) groups is 2. The molecule has 2 aliphatic heterocycles. The third-order valence-electron chi connectivity index (χ3n) is 6.98. The number of aryl methyl sites for hydroxylation is 1. The molecule has 3 aromatic rings. The molecule has 2 aliphatic rings. The number of halogens is 2. The molecule has 0 aromatic heterocycles. The number of hydrogen-bond donors (Lipinski definition) is 4. The predicted octanol–water partition coefficient (Wildman–Crippen LogP) is 6.23. The number of phenols is 1. The van der Waals surface area contributed by atoms with Gasteiger partial charge < -0.3 is 21.1 Å². The van der Waals surface area contributed by atoms with E-state index >= 15 is 0 Å². The second-order valence-electron chi connectivity index (χ2n) is 9.64. The van der Waals surface area contributed by atoms with Crippen LogP contribution in [-0.4, -0.2) is 30.0 Å². The van der Waals surface area contributed by atoms with Crippen LogP contribution in [0.1, 0.15) is 54.8 Å². The summed E-state index contributed by atoms with van der Waals surface area (Å²) in [5.74, 6) is -1.58. The molecule has 4 N–H and O–H groups in total. The number of phenolic OH excluding ortho intramolecular Hbond substituents is 1. The van der Waals surface area contributed by atoms with E-state index in [9.17, 15) is 14.7 Å². The summed E-state index contributed by atoms with van der Waals surface area (Å²) in [6, 6.07) is 18.7. The number of hydrogen-bond acceptors (Lipinski definition) is 4. The van der Waals surface area contributed by atoms with Gasteiger partial charge in [0.2, 0.25) is 11.8 Å². The number of nitrogens with one attached hydrogen (secondary N) is 3. The highest BCUT2D eigenvalue weighted by atomic mass is 35.5. The zero-order valence-electron chi connectivity index (χ0n) is 21.3. The van der Waals surface area contributed by atoms with Gasteiger partial charge in [-0.25, -0.2) is 0 Å². The van der Waals surface area contributed by atoms with Gasteiger partial charge in [-0.1, -0.05) is 60.5 Å². The van der Waals surface area contributed by atoms with Gasteiger partial charge in [0.25, 0.3) is 0 Å². The van der Waals surface area contributed by atoms with Gasteiger partial charge in [-0.2, -0.15) is 0 Å². The van der Waals surface area contributed by atoms with Crippen molar-refractivity contribution >= 4 is 40.7 Å². The summed E-state index contributed by atoms with van der Waals surface area (Å²) in [5.41, 5.74) is 2.86. The van der Waals surface area contributed by atoms with E-state index in [0.29, 0.717) is 21.3 Å². The predicted molar refractivity (Wildman–Crippen MR) is 153 cm³/mol. The van der Waals surface area contributed by atoms with Gasteiger partial charge in [-0.3, -0.25) is 9.59 Å². The molecule has 0 radical (unpaired) electrons. The summed E-state index contributed by atoms with van der Waals surface area (Å²) < 4.78 is 0. The molecule has 38 heavy (non-hydrogen) atoms. The van der Waals surface area contributed by atoms with Crippen LogP contribution in [0.4, 0.5) is 5.69 Å². The molecule has 2 heterocycles. The number of amides is 2. The molecule has 2 amide bonds. The summed E-state index contributed by atoms with van der Waals surface area (Å²) in [6.45, 7) is 4.51. The summed E-state index contributed by atoms with van der Waals surface area (Å²) in [5, 5.41) is 20.8. The fourth-order valence-corrected chi connectivity index (χ4v) is 5.43. The van der Waals surface area contributed by atoms with E-state index < -0.39 is 17.9 Å². The van der Waals surface area contributed by atoms with Gasteiger partial charge in [0.15, 0.2) is 0 Å². The van der Waals surface area contributed by atoms with E-state index in [4.69, 9.17) is 23.2 Å². The number of rotatable bonds is 5. The Morgan fingerprint density at radius 1 is 1.00 bits per heavy atom. The summed E-state index contributed by atoms with van der Waals surface area (Å²) in [6.07, 6.45) is 3.66. The van der Waals surface area contributed by atoms with Crippen molar-refractivity contribution in [3.63, 3.8) is 0 Å². The minimum absolute atomic E-state index is 0.0322. The van der Waals surface area contributed by atoms with Gasteiger partial charge in [-0.15, -0.1) is 0 Å². The van der Waals surface area contributed by atoms with Gasteiger partial charge in [0.05, 0.1) is 12.0 Å². The van der Waals surface area contributed by atoms with Crippen molar-refractivity contribution < 1.29 is 14.7 Å². The van der Waals surface area contributed by atoms with E-state index in [1.54, 1.807) is 48.5 Å². The first kappa shape index (κ1) is 28.0. The average molecular weight is 555 g/mol. The van der Waals surface area contributed by atoms with Gasteiger partial charge >= 0.3 is 0 Å². The van der Waals surface area contributed by atoms with Crippen LogP contribution >= 0.6 is 23.2 Å². The quantitative estimate of drug-likeness (QED) is 0.301. The Balaban J connectivity index is 0.000000603. The molecular formula is C30H33Cl2N3O3. The van der Waals surface area contributed by atoms with E-state index in [2.05, 4.69) is 16.0 Å². The fourth-order valence-electron chi connectivity index (χ4n) is 5.04. The van der Waals surface area contributed by atoms with Crippen molar-refractivity contribution in [2.75, 3.05) is 18.4 Å². The zero-order chi connectivity index (χ0) is 27.1. The largest absolute Gasteiger partial charge is 0.508 e. The Kier molecular flexibility index (Phi) is 9.67. The molecule has 0 spiro atoms. The highest BCUT2D eigenvalue weighted by Gasteiger charge is 2.44. The molecule has 8 heteroatoms. The molecule has 1 unspecified atom stereocenters. The van der Waals surface area contributed by atoms with Crippen molar-refractivity contribution in [2.45, 2.75) is 44.6 Å². The molecule has 5 rings (SSSR count). The topological polar surface area (TPSA) is 90.5 Å². The third-order valence-corrected chi connectivity index (χ3v) is 7.45. The lowest BCUT2D eigenvalue weighted by molar-refractivity contribution is -0.129. The normalized spacial score (nSPS) is 20.7. The molecule has 200 valence electrons. The molecule has 0 saturated carbocycles. The molecule has 2 fully saturated rings. The Morgan fingerprint density at radius 2 is 1.71 bits per heavy atom. The van der Waals surface area contributed by atoms with Crippen molar-refractivity contribution in [1.82, 2.24) is 10.6 Å². The first-order valence-electron chi connectivity index (χ1n) is 13.0. The van der Waals surface area contributed by atoms with Crippen LogP contribution < -0.4 is 16.0 Å². The monoisotopic (exact) mass is 553 g/mol. The summed E-state index contributed by atoms with van der Waals surface area (Å²) in [7, 11) is 0. The second-order valence-corrected chi connectivity index (χ2v) is 10.5. The molecule has 0 aliphatic carbocycles. The Bertz CT molecular complexity index is 1270. The third kappa shape index (κ3) is 7.07. The van der Waals surface area contributed by atoms with Crippen LogP contribution in [0.5, 0.6) is 5.75 Å². The van der Waals surface area contributed by atoms with Crippen molar-refractivity contribution in [1.29, 1.82) is 0 Å². The number of aromatic hydroxyl groups is 1. The smallest absolute Gasteiger partial charge is 0.230 e. The van der Waals surface area contributed by atoms with Crippen molar-refractivity contribution in [3.05, 3.63) is 93.5 Å².